The number of likely N-dealkylation sites (tertiary alicyclic amines) is 1. The van der Waals surface area contributed by atoms with Gasteiger partial charge in [-0.25, -0.2) is 8.78 Å². The van der Waals surface area contributed by atoms with Crippen molar-refractivity contribution in [1.29, 1.82) is 0 Å². The van der Waals surface area contributed by atoms with Crippen LogP contribution in [-0.2, 0) is 11.3 Å². The number of rotatable bonds is 5. The highest BCUT2D eigenvalue weighted by molar-refractivity contribution is 5.80. The van der Waals surface area contributed by atoms with Crippen molar-refractivity contribution in [3.63, 3.8) is 0 Å². The molecule has 0 radical (unpaired) electrons. The Bertz CT molecular complexity index is 630. The fraction of sp³-hybridized carbons (Fsp3) is 0.471. The van der Waals surface area contributed by atoms with Gasteiger partial charge in [0.05, 0.1) is 13.1 Å². The van der Waals surface area contributed by atoms with Crippen LogP contribution in [0.1, 0.15) is 18.6 Å². The summed E-state index contributed by atoms with van der Waals surface area (Å²) in [6, 6.07) is 9.61. The number of furan rings is 1. The zero-order valence-corrected chi connectivity index (χ0v) is 12.8. The minimum atomic E-state index is -2.31. The fourth-order valence-electron chi connectivity index (χ4n) is 3.02. The predicted octanol–water partition coefficient (Wildman–Crippen LogP) is 3.03. The number of nitrogens with zero attached hydrogens (tertiary/aromatic N) is 1. The van der Waals surface area contributed by atoms with E-state index in [-0.39, 0.29) is 18.4 Å². The molecule has 1 aliphatic heterocycles. The lowest BCUT2D eigenvalue weighted by Gasteiger charge is -2.30. The first kappa shape index (κ1) is 15.9. The lowest BCUT2D eigenvalue weighted by Crippen LogP contribution is -2.41. The molecular formula is C17H20F2N2O2. The molecule has 1 fully saturated rings. The Morgan fingerprint density at radius 3 is 2.74 bits per heavy atom. The Balaban J connectivity index is 1.48. The first-order valence-corrected chi connectivity index (χ1v) is 7.87. The van der Waals surface area contributed by atoms with E-state index in [0.29, 0.717) is 32.5 Å². The molecule has 6 heteroatoms. The summed E-state index contributed by atoms with van der Waals surface area (Å²) in [6.45, 7) is 1.25. The summed E-state index contributed by atoms with van der Waals surface area (Å²) in [4.78, 5) is 13.9. The molecule has 1 aliphatic rings. The van der Waals surface area contributed by atoms with Crippen LogP contribution in [0, 0.1) is 5.92 Å². The highest BCUT2D eigenvalue weighted by Gasteiger charge is 2.26. The maximum atomic E-state index is 12.3. The van der Waals surface area contributed by atoms with Crippen LogP contribution in [0.3, 0.4) is 0 Å². The third-order valence-corrected chi connectivity index (χ3v) is 4.27. The first-order valence-electron chi connectivity index (χ1n) is 7.87. The Hall–Kier alpha value is -1.95. The number of fused-ring (bicyclic) bond motifs is 1. The Morgan fingerprint density at radius 1 is 1.30 bits per heavy atom. The number of carbonyl (C=O) groups is 1. The first-order chi connectivity index (χ1) is 11.1. The average Bonchev–Trinajstić information content (AvgIpc) is 2.95. The molecule has 1 N–H and O–H groups in total. The van der Waals surface area contributed by atoms with Crippen LogP contribution < -0.4 is 5.32 Å². The third kappa shape index (κ3) is 4.07. The van der Waals surface area contributed by atoms with Crippen molar-refractivity contribution < 1.29 is 18.0 Å². The number of alkyl halides is 2. The van der Waals surface area contributed by atoms with Gasteiger partial charge < -0.3 is 9.73 Å². The topological polar surface area (TPSA) is 45.5 Å². The van der Waals surface area contributed by atoms with Crippen LogP contribution in [0.2, 0.25) is 0 Å². The van der Waals surface area contributed by atoms with Gasteiger partial charge in [0, 0.05) is 11.3 Å². The number of hydrogen-bond donors (Lipinski definition) is 1. The number of halogens is 2. The summed E-state index contributed by atoms with van der Waals surface area (Å²) in [6.07, 6.45) is -1.06. The van der Waals surface area contributed by atoms with E-state index in [1.54, 1.807) is 4.90 Å². The molecule has 0 bridgehead atoms. The maximum absolute atomic E-state index is 12.3. The van der Waals surface area contributed by atoms with Crippen molar-refractivity contribution in [2.75, 3.05) is 19.6 Å². The average molecular weight is 322 g/mol. The molecule has 1 amide bonds. The number of carbonyl (C=O) groups excluding carboxylic acids is 1. The number of hydrogen-bond acceptors (Lipinski definition) is 3. The molecule has 2 heterocycles. The summed E-state index contributed by atoms with van der Waals surface area (Å²) in [7, 11) is 0. The van der Waals surface area contributed by atoms with E-state index in [9.17, 15) is 13.6 Å². The normalized spacial score (nSPS) is 17.0. The molecule has 1 aromatic heterocycles. The molecule has 0 spiro atoms. The summed E-state index contributed by atoms with van der Waals surface area (Å²) in [5, 5.41) is 3.90. The Labute approximate surface area is 133 Å². The third-order valence-electron chi connectivity index (χ3n) is 4.27. The zero-order chi connectivity index (χ0) is 16.2. The highest BCUT2D eigenvalue weighted by atomic mass is 19.3. The molecule has 124 valence electrons. The van der Waals surface area contributed by atoms with Gasteiger partial charge in [0.25, 0.3) is 6.43 Å². The van der Waals surface area contributed by atoms with Gasteiger partial charge >= 0.3 is 0 Å². The molecule has 23 heavy (non-hydrogen) atoms. The van der Waals surface area contributed by atoms with Crippen molar-refractivity contribution in [1.82, 2.24) is 10.2 Å². The van der Waals surface area contributed by atoms with Crippen LogP contribution in [0.4, 0.5) is 8.78 Å². The lowest BCUT2D eigenvalue weighted by molar-refractivity contribution is -0.126. The number of amides is 1. The predicted molar refractivity (Wildman–Crippen MR) is 83.2 cm³/mol. The number of benzene rings is 1. The van der Waals surface area contributed by atoms with Gasteiger partial charge in [0.15, 0.2) is 0 Å². The van der Waals surface area contributed by atoms with Gasteiger partial charge in [-0.05, 0) is 38.1 Å². The molecule has 1 saturated heterocycles. The van der Waals surface area contributed by atoms with Gasteiger partial charge in [0.1, 0.15) is 11.3 Å². The highest BCUT2D eigenvalue weighted by Crippen LogP contribution is 2.20. The summed E-state index contributed by atoms with van der Waals surface area (Å²) < 4.78 is 30.3. The standard InChI is InChI=1S/C17H20F2N2O2/c18-16(19)11-21-7-5-12(6-8-21)17(22)20-10-14-9-13-3-1-2-4-15(13)23-14/h1-4,9,12,16H,5-8,10-11H2,(H,20,22). The molecule has 0 atom stereocenters. The van der Waals surface area contributed by atoms with Crippen LogP contribution in [0.25, 0.3) is 11.0 Å². The van der Waals surface area contributed by atoms with Gasteiger partial charge in [-0.1, -0.05) is 18.2 Å². The second-order valence-corrected chi connectivity index (χ2v) is 5.93. The van der Waals surface area contributed by atoms with E-state index >= 15 is 0 Å². The van der Waals surface area contributed by atoms with E-state index in [4.69, 9.17) is 4.42 Å². The van der Waals surface area contributed by atoms with E-state index in [1.165, 1.54) is 0 Å². The summed E-state index contributed by atoms with van der Waals surface area (Å²) in [5.41, 5.74) is 0.803. The monoisotopic (exact) mass is 322 g/mol. The van der Waals surface area contributed by atoms with Crippen molar-refractivity contribution >= 4 is 16.9 Å². The summed E-state index contributed by atoms with van der Waals surface area (Å²) in [5.74, 6) is 0.588. The smallest absolute Gasteiger partial charge is 0.251 e. The molecule has 4 nitrogen and oxygen atoms in total. The van der Waals surface area contributed by atoms with Gasteiger partial charge in [-0.2, -0.15) is 0 Å². The molecule has 2 aromatic rings. The molecule has 0 aliphatic carbocycles. The molecule has 0 saturated carbocycles. The maximum Gasteiger partial charge on any atom is 0.251 e. The van der Waals surface area contributed by atoms with Crippen molar-refractivity contribution in [3.05, 3.63) is 36.1 Å². The van der Waals surface area contributed by atoms with Crippen LogP contribution in [-0.4, -0.2) is 36.9 Å². The van der Waals surface area contributed by atoms with Crippen LogP contribution in [0.15, 0.2) is 34.7 Å². The van der Waals surface area contributed by atoms with Gasteiger partial charge in [0.2, 0.25) is 5.91 Å². The molecule has 3 rings (SSSR count). The van der Waals surface area contributed by atoms with Crippen LogP contribution in [0.5, 0.6) is 0 Å². The second-order valence-electron chi connectivity index (χ2n) is 5.93. The van der Waals surface area contributed by atoms with E-state index in [1.807, 2.05) is 30.3 Å². The quantitative estimate of drug-likeness (QED) is 0.920. The Kier molecular flexibility index (Phi) is 4.91. The Morgan fingerprint density at radius 2 is 2.04 bits per heavy atom. The fourth-order valence-corrected chi connectivity index (χ4v) is 3.02. The molecule has 1 aromatic carbocycles. The van der Waals surface area contributed by atoms with Crippen molar-refractivity contribution in [2.45, 2.75) is 25.8 Å². The molecule has 0 unspecified atom stereocenters. The van der Waals surface area contributed by atoms with Gasteiger partial charge in [-0.3, -0.25) is 9.69 Å². The number of piperidine rings is 1. The van der Waals surface area contributed by atoms with Gasteiger partial charge in [-0.15, -0.1) is 0 Å². The van der Waals surface area contributed by atoms with E-state index < -0.39 is 6.43 Å². The minimum absolute atomic E-state index is 0.0258. The van der Waals surface area contributed by atoms with Crippen molar-refractivity contribution in [2.24, 2.45) is 5.92 Å². The zero-order valence-electron chi connectivity index (χ0n) is 12.8. The minimum Gasteiger partial charge on any atom is -0.459 e. The van der Waals surface area contributed by atoms with Crippen LogP contribution >= 0.6 is 0 Å². The van der Waals surface area contributed by atoms with E-state index in [0.717, 1.165) is 16.7 Å². The SMILES string of the molecule is O=C(NCc1cc2ccccc2o1)C1CCN(CC(F)F)CC1. The molecular weight excluding hydrogens is 302 g/mol. The number of nitrogens with one attached hydrogen (secondary N) is 1. The number of para-hydroxylation sites is 1. The van der Waals surface area contributed by atoms with E-state index in [2.05, 4.69) is 5.32 Å². The largest absolute Gasteiger partial charge is 0.459 e. The van der Waals surface area contributed by atoms with Crippen molar-refractivity contribution in [3.8, 4) is 0 Å². The summed E-state index contributed by atoms with van der Waals surface area (Å²) >= 11 is 0. The lowest BCUT2D eigenvalue weighted by atomic mass is 9.96. The second kappa shape index (κ2) is 7.08.